The number of nitro benzene ring substituents is 1. The fourth-order valence-electron chi connectivity index (χ4n) is 2.77. The summed E-state index contributed by atoms with van der Waals surface area (Å²) in [4.78, 5) is 22.6. The van der Waals surface area contributed by atoms with Crippen LogP contribution in [0.3, 0.4) is 0 Å². The zero-order valence-electron chi connectivity index (χ0n) is 16.3. The Labute approximate surface area is 167 Å². The molecule has 1 aromatic carbocycles. The van der Waals surface area contributed by atoms with Gasteiger partial charge in [-0.3, -0.25) is 19.6 Å². The van der Waals surface area contributed by atoms with Crippen molar-refractivity contribution >= 4 is 11.6 Å². The molecule has 2 heterocycles. The number of benzene rings is 1. The smallest absolute Gasteiger partial charge is 0.286 e. The van der Waals surface area contributed by atoms with Gasteiger partial charge in [-0.25, -0.2) is 0 Å². The first-order valence-electron chi connectivity index (χ1n) is 9.17. The van der Waals surface area contributed by atoms with Gasteiger partial charge in [-0.15, -0.1) is 0 Å². The average molecular weight is 398 g/mol. The number of furan rings is 1. The van der Waals surface area contributed by atoms with Crippen molar-refractivity contribution in [1.82, 2.24) is 15.1 Å². The van der Waals surface area contributed by atoms with Gasteiger partial charge in [0.25, 0.3) is 11.6 Å². The van der Waals surface area contributed by atoms with Crippen LogP contribution in [0.25, 0.3) is 0 Å². The van der Waals surface area contributed by atoms with Crippen molar-refractivity contribution in [3.63, 3.8) is 0 Å². The minimum atomic E-state index is -0.438. The van der Waals surface area contributed by atoms with E-state index in [1.807, 2.05) is 23.9 Å². The van der Waals surface area contributed by atoms with Crippen molar-refractivity contribution in [2.75, 3.05) is 6.54 Å². The average Bonchev–Trinajstić information content (AvgIpc) is 3.32. The van der Waals surface area contributed by atoms with Crippen LogP contribution in [-0.4, -0.2) is 27.2 Å². The minimum absolute atomic E-state index is 0.0389. The molecule has 0 aliphatic rings. The molecule has 0 fully saturated rings. The Bertz CT molecular complexity index is 1010. The Balaban J connectivity index is 1.45. The standard InChI is InChI=1S/C20H22N4O5/c1-14-12-16(4-6-18(14)24(26)27)28-13-17-5-7-19(29-17)20(25)21-9-3-10-23-11-8-15(2)22-23/h4-8,11-12H,3,9-10,13H2,1-2H3,(H,21,25). The van der Waals surface area contributed by atoms with Crippen LogP contribution in [0.2, 0.25) is 0 Å². The number of aromatic nitrogens is 2. The predicted octanol–water partition coefficient (Wildman–Crippen LogP) is 3.40. The van der Waals surface area contributed by atoms with Crippen molar-refractivity contribution in [2.45, 2.75) is 33.4 Å². The number of nitrogens with one attached hydrogen (secondary N) is 1. The number of nitrogens with zero attached hydrogens (tertiary/aromatic N) is 3. The molecule has 0 aliphatic heterocycles. The molecule has 1 amide bonds. The lowest BCUT2D eigenvalue weighted by atomic mass is 10.2. The number of hydrogen-bond acceptors (Lipinski definition) is 6. The van der Waals surface area contributed by atoms with Crippen molar-refractivity contribution < 1.29 is 18.9 Å². The number of hydrogen-bond donors (Lipinski definition) is 1. The molecule has 0 radical (unpaired) electrons. The van der Waals surface area contributed by atoms with Crippen molar-refractivity contribution in [3.8, 4) is 5.75 Å². The summed E-state index contributed by atoms with van der Waals surface area (Å²) in [5.41, 5.74) is 1.51. The molecule has 0 saturated carbocycles. The van der Waals surface area contributed by atoms with Gasteiger partial charge >= 0.3 is 0 Å². The summed E-state index contributed by atoms with van der Waals surface area (Å²) in [6.45, 7) is 4.92. The van der Waals surface area contributed by atoms with E-state index in [9.17, 15) is 14.9 Å². The largest absolute Gasteiger partial charge is 0.486 e. The first kappa shape index (κ1) is 20.1. The quantitative estimate of drug-likeness (QED) is 0.336. The van der Waals surface area contributed by atoms with Crippen LogP contribution in [0.5, 0.6) is 5.75 Å². The third-order valence-corrected chi connectivity index (χ3v) is 4.26. The maximum atomic E-state index is 12.2. The van der Waals surface area contributed by atoms with Crippen LogP contribution in [0.1, 0.15) is 34.0 Å². The Morgan fingerprint density at radius 1 is 1.28 bits per heavy atom. The lowest BCUT2D eigenvalue weighted by Gasteiger charge is -2.06. The molecule has 0 atom stereocenters. The van der Waals surface area contributed by atoms with E-state index >= 15 is 0 Å². The third-order valence-electron chi connectivity index (χ3n) is 4.26. The molecule has 0 bridgehead atoms. The molecule has 29 heavy (non-hydrogen) atoms. The van der Waals surface area contributed by atoms with Crippen molar-refractivity contribution in [1.29, 1.82) is 0 Å². The first-order chi connectivity index (χ1) is 13.9. The summed E-state index contributed by atoms with van der Waals surface area (Å²) >= 11 is 0. The normalized spacial score (nSPS) is 10.7. The van der Waals surface area contributed by atoms with Gasteiger partial charge in [-0.2, -0.15) is 5.10 Å². The van der Waals surface area contributed by atoms with Crippen LogP contribution in [0.4, 0.5) is 5.69 Å². The van der Waals surface area contributed by atoms with E-state index in [1.54, 1.807) is 25.1 Å². The summed E-state index contributed by atoms with van der Waals surface area (Å²) in [7, 11) is 0. The lowest BCUT2D eigenvalue weighted by molar-refractivity contribution is -0.385. The van der Waals surface area contributed by atoms with Crippen LogP contribution in [-0.2, 0) is 13.2 Å². The third kappa shape index (κ3) is 5.44. The van der Waals surface area contributed by atoms with Gasteiger partial charge < -0.3 is 14.5 Å². The molecule has 0 unspecified atom stereocenters. The molecule has 3 rings (SSSR count). The fourth-order valence-corrected chi connectivity index (χ4v) is 2.77. The second kappa shape index (κ2) is 9.05. The summed E-state index contributed by atoms with van der Waals surface area (Å²) < 4.78 is 12.9. The summed E-state index contributed by atoms with van der Waals surface area (Å²) in [6, 6.07) is 9.71. The zero-order chi connectivity index (χ0) is 20.8. The molecule has 0 spiro atoms. The second-order valence-electron chi connectivity index (χ2n) is 6.59. The van der Waals surface area contributed by atoms with Gasteiger partial charge in [0.15, 0.2) is 5.76 Å². The molecule has 3 aromatic rings. The van der Waals surface area contributed by atoms with Crippen LogP contribution >= 0.6 is 0 Å². The van der Waals surface area contributed by atoms with Crippen LogP contribution in [0, 0.1) is 24.0 Å². The van der Waals surface area contributed by atoms with Crippen molar-refractivity contribution in [2.24, 2.45) is 0 Å². The van der Waals surface area contributed by atoms with E-state index in [1.165, 1.54) is 12.1 Å². The van der Waals surface area contributed by atoms with E-state index < -0.39 is 4.92 Å². The zero-order valence-corrected chi connectivity index (χ0v) is 16.3. The van der Waals surface area contributed by atoms with Gasteiger partial charge in [0.05, 0.1) is 10.6 Å². The van der Waals surface area contributed by atoms with E-state index in [4.69, 9.17) is 9.15 Å². The van der Waals surface area contributed by atoms with Gasteiger partial charge in [-0.05, 0) is 50.6 Å². The minimum Gasteiger partial charge on any atom is -0.486 e. The Hall–Kier alpha value is -3.62. The molecule has 2 aromatic heterocycles. The Morgan fingerprint density at radius 2 is 2.10 bits per heavy atom. The second-order valence-corrected chi connectivity index (χ2v) is 6.59. The van der Waals surface area contributed by atoms with Gasteiger partial charge in [-0.1, -0.05) is 0 Å². The predicted molar refractivity (Wildman–Crippen MR) is 105 cm³/mol. The number of nitro groups is 1. The molecular weight excluding hydrogens is 376 g/mol. The number of carbonyl (C=O) groups excluding carboxylic acids is 1. The summed E-state index contributed by atoms with van der Waals surface area (Å²) in [5.74, 6) is 0.889. The number of rotatable bonds is 9. The van der Waals surface area contributed by atoms with E-state index in [0.717, 1.165) is 18.7 Å². The maximum Gasteiger partial charge on any atom is 0.286 e. The number of amides is 1. The Morgan fingerprint density at radius 3 is 2.79 bits per heavy atom. The highest BCUT2D eigenvalue weighted by Crippen LogP contribution is 2.24. The molecule has 9 heteroatoms. The first-order valence-corrected chi connectivity index (χ1v) is 9.17. The Kier molecular flexibility index (Phi) is 6.28. The molecule has 0 saturated heterocycles. The molecule has 0 aliphatic carbocycles. The molecule has 1 N–H and O–H groups in total. The number of carbonyl (C=O) groups is 1. The van der Waals surface area contributed by atoms with Crippen molar-refractivity contribution in [3.05, 3.63) is 75.5 Å². The van der Waals surface area contributed by atoms with Gasteiger partial charge in [0.1, 0.15) is 18.1 Å². The van der Waals surface area contributed by atoms with Crippen LogP contribution < -0.4 is 10.1 Å². The van der Waals surface area contributed by atoms with Crippen LogP contribution in [0.15, 0.2) is 47.0 Å². The summed E-state index contributed by atoms with van der Waals surface area (Å²) in [6.07, 6.45) is 2.66. The lowest BCUT2D eigenvalue weighted by Crippen LogP contribution is -2.24. The van der Waals surface area contributed by atoms with E-state index in [2.05, 4.69) is 10.4 Å². The van der Waals surface area contributed by atoms with Gasteiger partial charge in [0.2, 0.25) is 0 Å². The fraction of sp³-hybridized carbons (Fsp3) is 0.300. The topological polar surface area (TPSA) is 112 Å². The SMILES string of the molecule is Cc1ccn(CCCNC(=O)c2ccc(COc3ccc([N+](=O)[O-])c(C)c3)o2)n1. The molecular formula is C20H22N4O5. The number of ether oxygens (including phenoxy) is 1. The summed E-state index contributed by atoms with van der Waals surface area (Å²) in [5, 5.41) is 18.0. The highest BCUT2D eigenvalue weighted by atomic mass is 16.6. The number of aryl methyl sites for hydroxylation is 3. The van der Waals surface area contributed by atoms with Gasteiger partial charge in [0, 0.05) is 30.9 Å². The molecule has 9 nitrogen and oxygen atoms in total. The van der Waals surface area contributed by atoms with E-state index in [0.29, 0.717) is 23.6 Å². The monoisotopic (exact) mass is 398 g/mol. The highest BCUT2D eigenvalue weighted by molar-refractivity contribution is 5.91. The molecule has 152 valence electrons. The maximum absolute atomic E-state index is 12.2. The van der Waals surface area contributed by atoms with E-state index in [-0.39, 0.29) is 24.0 Å². The highest BCUT2D eigenvalue weighted by Gasteiger charge is 2.13.